The normalized spacial score (nSPS) is 20.9. The number of benzene rings is 2. The molecule has 3 N–H and O–H groups in total. The van der Waals surface area contributed by atoms with E-state index in [1.54, 1.807) is 24.3 Å². The van der Waals surface area contributed by atoms with Crippen molar-refractivity contribution in [3.63, 3.8) is 0 Å². The summed E-state index contributed by atoms with van der Waals surface area (Å²) in [6.45, 7) is 5.78. The Morgan fingerprint density at radius 1 is 1.12 bits per heavy atom. The largest absolute Gasteiger partial charge is 0.384 e. The number of amides is 3. The van der Waals surface area contributed by atoms with E-state index in [0.29, 0.717) is 42.8 Å². The van der Waals surface area contributed by atoms with E-state index in [4.69, 9.17) is 0 Å². The molecule has 2 saturated heterocycles. The Kier molecular flexibility index (Phi) is 6.80. The Morgan fingerprint density at radius 2 is 1.95 bits per heavy atom. The average molecular weight is 567 g/mol. The molecule has 2 aliphatic rings. The topological polar surface area (TPSA) is 125 Å². The highest BCUT2D eigenvalue weighted by molar-refractivity contribution is 6.06. The maximum absolute atomic E-state index is 16.2. The van der Waals surface area contributed by atoms with Gasteiger partial charge in [-0.25, -0.2) is 9.18 Å². The van der Waals surface area contributed by atoms with Gasteiger partial charge >= 0.3 is 6.03 Å². The quantitative estimate of drug-likeness (QED) is 0.319. The van der Waals surface area contributed by atoms with Crippen LogP contribution >= 0.6 is 0 Å². The Morgan fingerprint density at radius 3 is 2.71 bits per heavy atom. The first-order valence-electron chi connectivity index (χ1n) is 13.9. The van der Waals surface area contributed by atoms with Crippen LogP contribution in [0.4, 0.5) is 14.9 Å². The molecule has 6 rings (SSSR count). The second-order valence-corrected chi connectivity index (χ2v) is 11.8. The van der Waals surface area contributed by atoms with Crippen molar-refractivity contribution in [3.05, 3.63) is 83.6 Å². The van der Waals surface area contributed by atoms with Crippen LogP contribution in [0.5, 0.6) is 0 Å². The van der Waals surface area contributed by atoms with Crippen LogP contribution in [-0.2, 0) is 16.9 Å². The smallest absolute Gasteiger partial charge is 0.328 e. The number of H-pyrrole nitrogens is 1. The summed E-state index contributed by atoms with van der Waals surface area (Å²) in [4.78, 5) is 35.2. The molecule has 0 radical (unpaired) electrons. The van der Waals surface area contributed by atoms with Crippen molar-refractivity contribution in [1.29, 1.82) is 5.26 Å². The number of nitrogens with zero attached hydrogens (tertiary/aromatic N) is 4. The summed E-state index contributed by atoms with van der Waals surface area (Å²) in [5.41, 5.74) is 2.43. The Bertz CT molecular complexity index is 1760. The van der Waals surface area contributed by atoms with Crippen molar-refractivity contribution in [2.75, 3.05) is 24.5 Å². The van der Waals surface area contributed by atoms with Crippen molar-refractivity contribution in [2.45, 2.75) is 38.8 Å². The van der Waals surface area contributed by atoms with Crippen LogP contribution in [0.15, 0.2) is 60.9 Å². The Hall–Kier alpha value is -4.59. The van der Waals surface area contributed by atoms with Gasteiger partial charge in [-0.1, -0.05) is 32.0 Å². The van der Waals surface area contributed by atoms with Crippen LogP contribution < -0.4 is 10.2 Å². The number of anilines is 1. The lowest BCUT2D eigenvalue weighted by Crippen LogP contribution is -2.55. The van der Waals surface area contributed by atoms with E-state index in [1.165, 1.54) is 11.1 Å². The third-order valence-electron chi connectivity index (χ3n) is 8.59. The predicted octanol–water partition coefficient (Wildman–Crippen LogP) is 4.81. The number of urea groups is 1. The molecule has 42 heavy (non-hydrogen) atoms. The van der Waals surface area contributed by atoms with Crippen molar-refractivity contribution >= 4 is 28.5 Å². The average Bonchev–Trinajstić information content (AvgIpc) is 3.43. The lowest BCUT2D eigenvalue weighted by atomic mass is 9.66. The molecule has 0 aliphatic carbocycles. The van der Waals surface area contributed by atoms with E-state index >= 15 is 4.39 Å². The first kappa shape index (κ1) is 27.6. The maximum Gasteiger partial charge on any atom is 0.328 e. The first-order valence-corrected chi connectivity index (χ1v) is 13.9. The molecule has 214 valence electrons. The molecular formula is C32H31FN6O3. The first-order chi connectivity index (χ1) is 20.1. The van der Waals surface area contributed by atoms with E-state index in [9.17, 15) is 20.0 Å². The minimum absolute atomic E-state index is 0.148. The zero-order valence-electron chi connectivity index (χ0n) is 23.4. The highest BCUT2D eigenvalue weighted by atomic mass is 19.1. The van der Waals surface area contributed by atoms with Gasteiger partial charge in [0.15, 0.2) is 0 Å². The van der Waals surface area contributed by atoms with Gasteiger partial charge < -0.3 is 10.1 Å². The van der Waals surface area contributed by atoms with Gasteiger partial charge in [0.1, 0.15) is 5.82 Å². The number of hydrogen-bond acceptors (Lipinski definition) is 6. The van der Waals surface area contributed by atoms with E-state index in [1.807, 2.05) is 38.2 Å². The van der Waals surface area contributed by atoms with Gasteiger partial charge in [0.25, 0.3) is 0 Å². The third-order valence-corrected chi connectivity index (χ3v) is 8.59. The number of carbonyl (C=O) groups excluding carboxylic acids is 2. The number of aromatic amines is 1. The predicted molar refractivity (Wildman–Crippen MR) is 156 cm³/mol. The number of pyridine rings is 1. The number of aromatic nitrogens is 2. The maximum atomic E-state index is 16.2. The van der Waals surface area contributed by atoms with Gasteiger partial charge in [-0.3, -0.25) is 24.9 Å². The zero-order chi connectivity index (χ0) is 29.6. The fourth-order valence-electron chi connectivity index (χ4n) is 6.20. The summed E-state index contributed by atoms with van der Waals surface area (Å²) in [6.07, 6.45) is 3.88. The number of fused-ring (bicyclic) bond motifs is 1. The summed E-state index contributed by atoms with van der Waals surface area (Å²) >= 11 is 0. The number of hydrogen-bond donors (Lipinski definition) is 3. The molecule has 9 nitrogen and oxygen atoms in total. The van der Waals surface area contributed by atoms with Gasteiger partial charge in [-0.05, 0) is 47.9 Å². The molecule has 4 aromatic rings. The Labute approximate surface area is 242 Å². The highest BCUT2D eigenvalue weighted by Gasteiger charge is 2.50. The summed E-state index contributed by atoms with van der Waals surface area (Å²) in [5, 5.41) is 23.8. The molecule has 2 fully saturated rings. The van der Waals surface area contributed by atoms with Crippen LogP contribution in [0, 0.1) is 22.6 Å². The van der Waals surface area contributed by atoms with Crippen molar-refractivity contribution < 1.29 is 19.1 Å². The monoisotopic (exact) mass is 566 g/mol. The molecule has 0 unspecified atom stereocenters. The summed E-state index contributed by atoms with van der Waals surface area (Å²) in [6, 6.07) is 16.0. The fourth-order valence-corrected chi connectivity index (χ4v) is 6.20. The number of halogens is 1. The van der Waals surface area contributed by atoms with Gasteiger partial charge in [0.05, 0.1) is 34.6 Å². The van der Waals surface area contributed by atoms with Gasteiger partial charge in [-0.15, -0.1) is 0 Å². The summed E-state index contributed by atoms with van der Waals surface area (Å²) < 4.78 is 16.2. The number of imide groups is 1. The van der Waals surface area contributed by atoms with Gasteiger partial charge in [-0.2, -0.15) is 5.26 Å². The third kappa shape index (κ3) is 4.81. The number of aliphatic hydroxyl groups is 1. The highest BCUT2D eigenvalue weighted by Crippen LogP contribution is 2.48. The van der Waals surface area contributed by atoms with Crippen LogP contribution in [0.3, 0.4) is 0 Å². The van der Waals surface area contributed by atoms with Crippen molar-refractivity contribution in [3.8, 4) is 17.2 Å². The van der Waals surface area contributed by atoms with Gasteiger partial charge in [0.2, 0.25) is 5.91 Å². The number of nitriles is 1. The van der Waals surface area contributed by atoms with Crippen LogP contribution in [-0.4, -0.2) is 51.5 Å². The lowest BCUT2D eigenvalue weighted by Gasteiger charge is -2.50. The molecule has 10 heteroatoms. The van der Waals surface area contributed by atoms with E-state index in [-0.39, 0.29) is 29.8 Å². The van der Waals surface area contributed by atoms with Crippen LogP contribution in [0.2, 0.25) is 0 Å². The molecule has 0 bridgehead atoms. The summed E-state index contributed by atoms with van der Waals surface area (Å²) in [5.74, 6) is -0.913. The number of piperidine rings is 1. The minimum atomic E-state index is -1.44. The minimum Gasteiger partial charge on any atom is -0.384 e. The number of nitrogens with one attached hydrogen (secondary N) is 2. The van der Waals surface area contributed by atoms with E-state index < -0.39 is 22.9 Å². The molecule has 0 saturated carbocycles. The molecule has 3 amide bonds. The number of carbonyl (C=O) groups is 2. The van der Waals surface area contributed by atoms with E-state index in [0.717, 1.165) is 16.8 Å². The molecule has 2 aromatic carbocycles. The standard InChI is InChI=1S/C32H31FN6O3/c1-31(2)19-38(18-23-13-22(16-35-23)21-5-3-4-20(12-21)15-34)11-9-32(31,42)26-6-7-27-25(29(26)33)14-24(17-36-27)39-10-8-28(40)37-30(39)41/h3-7,12-14,16-17,35,42H,8-11,18-19H2,1-2H3,(H,37,40,41)/t32-/m0/s1. The van der Waals surface area contributed by atoms with Crippen molar-refractivity contribution in [1.82, 2.24) is 20.2 Å². The molecule has 4 heterocycles. The second kappa shape index (κ2) is 10.4. The summed E-state index contributed by atoms with van der Waals surface area (Å²) in [7, 11) is 0. The number of likely N-dealkylation sites (tertiary alicyclic amines) is 1. The van der Waals surface area contributed by atoms with Gasteiger partial charge in [0, 0.05) is 60.9 Å². The SMILES string of the molecule is CC1(C)CN(Cc2cc(-c3cccc(C#N)c3)c[nH]2)CC[C@]1(O)c1ccc2ncc(N3CCC(=O)NC3=O)cc2c1F. The lowest BCUT2D eigenvalue weighted by molar-refractivity contribution is -0.128. The molecule has 2 aromatic heterocycles. The Balaban J connectivity index is 1.23. The van der Waals surface area contributed by atoms with Crippen LogP contribution in [0.1, 0.15) is 43.5 Å². The molecular weight excluding hydrogens is 535 g/mol. The number of rotatable bonds is 5. The van der Waals surface area contributed by atoms with Crippen molar-refractivity contribution in [2.24, 2.45) is 5.41 Å². The van der Waals surface area contributed by atoms with Crippen LogP contribution in [0.25, 0.3) is 22.0 Å². The second-order valence-electron chi connectivity index (χ2n) is 11.8. The molecule has 0 spiro atoms. The molecule has 1 atom stereocenters. The fraction of sp³-hybridized carbons (Fsp3) is 0.312. The van der Waals surface area contributed by atoms with E-state index in [2.05, 4.69) is 32.3 Å². The molecule has 2 aliphatic heterocycles. The zero-order valence-corrected chi connectivity index (χ0v) is 23.4.